The first-order chi connectivity index (χ1) is 9.28. The van der Waals surface area contributed by atoms with Gasteiger partial charge >= 0.3 is 0 Å². The summed E-state index contributed by atoms with van der Waals surface area (Å²) in [5.74, 6) is 0.831. The van der Waals surface area contributed by atoms with Crippen LogP contribution < -0.4 is 4.90 Å². The molecule has 5 nitrogen and oxygen atoms in total. The molecule has 2 heterocycles. The molecule has 5 heteroatoms. The van der Waals surface area contributed by atoms with E-state index in [0.29, 0.717) is 13.2 Å². The predicted molar refractivity (Wildman–Crippen MR) is 73.2 cm³/mol. The molecule has 1 fully saturated rings. The average molecular weight is 266 g/mol. The molecule has 19 heavy (non-hydrogen) atoms. The number of anilines is 1. The zero-order chi connectivity index (χ0) is 13.7. The van der Waals surface area contributed by atoms with Crippen molar-refractivity contribution in [1.29, 1.82) is 0 Å². The van der Waals surface area contributed by atoms with E-state index in [4.69, 9.17) is 4.74 Å². The highest BCUT2D eigenvalue weighted by molar-refractivity contribution is 5.44. The molecule has 0 aromatic carbocycles. The van der Waals surface area contributed by atoms with Crippen LogP contribution in [0.5, 0.6) is 0 Å². The largest absolute Gasteiger partial charge is 0.394 e. The molecule has 1 saturated heterocycles. The van der Waals surface area contributed by atoms with Crippen LogP contribution in [0.4, 0.5) is 5.82 Å². The number of ether oxygens (including phenoxy) is 1. The van der Waals surface area contributed by atoms with Gasteiger partial charge in [0.15, 0.2) is 0 Å². The molecule has 0 aliphatic carbocycles. The van der Waals surface area contributed by atoms with Crippen molar-refractivity contribution >= 4 is 5.82 Å². The molecule has 1 atom stereocenters. The van der Waals surface area contributed by atoms with Crippen LogP contribution in [-0.4, -0.2) is 47.6 Å². The Hall–Kier alpha value is -1.17. The molecule has 106 valence electrons. The Morgan fingerprint density at radius 1 is 1.42 bits per heavy atom. The number of hydrogen-bond acceptors (Lipinski definition) is 5. The van der Waals surface area contributed by atoms with Crippen LogP contribution in [0.3, 0.4) is 0 Å². The Morgan fingerprint density at radius 2 is 2.26 bits per heavy atom. The van der Waals surface area contributed by atoms with Crippen molar-refractivity contribution in [1.82, 2.24) is 4.98 Å². The summed E-state index contributed by atoms with van der Waals surface area (Å²) >= 11 is 0. The van der Waals surface area contributed by atoms with Gasteiger partial charge in [0.05, 0.1) is 32.5 Å². The van der Waals surface area contributed by atoms with E-state index < -0.39 is 0 Å². The summed E-state index contributed by atoms with van der Waals surface area (Å²) in [6, 6.07) is 3.79. The lowest BCUT2D eigenvalue weighted by atomic mass is 10.1. The van der Waals surface area contributed by atoms with Crippen molar-refractivity contribution in [3.63, 3.8) is 0 Å². The molecule has 0 spiro atoms. The van der Waals surface area contributed by atoms with Crippen molar-refractivity contribution in [3.05, 3.63) is 23.4 Å². The molecular formula is C14H22N2O3. The fourth-order valence-electron chi connectivity index (χ4n) is 2.36. The van der Waals surface area contributed by atoms with Gasteiger partial charge in [0.2, 0.25) is 0 Å². The highest BCUT2D eigenvalue weighted by atomic mass is 16.5. The first-order valence-electron chi connectivity index (χ1n) is 6.84. The Kier molecular flexibility index (Phi) is 5.13. The quantitative estimate of drug-likeness (QED) is 0.822. The molecule has 1 aromatic heterocycles. The molecule has 0 amide bonds. The van der Waals surface area contributed by atoms with E-state index >= 15 is 0 Å². The fourth-order valence-corrected chi connectivity index (χ4v) is 2.36. The number of rotatable bonds is 5. The van der Waals surface area contributed by atoms with Crippen LogP contribution in [0.25, 0.3) is 0 Å². The second-order valence-corrected chi connectivity index (χ2v) is 4.84. The second kappa shape index (κ2) is 6.84. The maximum Gasteiger partial charge on any atom is 0.129 e. The van der Waals surface area contributed by atoms with Crippen LogP contribution >= 0.6 is 0 Å². The highest BCUT2D eigenvalue weighted by Crippen LogP contribution is 2.20. The summed E-state index contributed by atoms with van der Waals surface area (Å²) in [6.45, 7) is 4.06. The van der Waals surface area contributed by atoms with Gasteiger partial charge in [-0.3, -0.25) is 0 Å². The van der Waals surface area contributed by atoms with E-state index in [2.05, 4.69) is 16.8 Å². The van der Waals surface area contributed by atoms with Crippen LogP contribution in [0.1, 0.15) is 24.6 Å². The number of pyridine rings is 1. The summed E-state index contributed by atoms with van der Waals surface area (Å²) in [7, 11) is 0. The van der Waals surface area contributed by atoms with Crippen LogP contribution in [0, 0.1) is 0 Å². The Balaban J connectivity index is 2.28. The predicted octanol–water partition coefficient (Wildman–Crippen LogP) is 0.724. The second-order valence-electron chi connectivity index (χ2n) is 4.84. The lowest BCUT2D eigenvalue weighted by Gasteiger charge is -2.35. The summed E-state index contributed by atoms with van der Waals surface area (Å²) in [5.41, 5.74) is 1.86. The van der Waals surface area contributed by atoms with Crippen molar-refractivity contribution in [3.8, 4) is 0 Å². The van der Waals surface area contributed by atoms with Crippen molar-refractivity contribution in [2.45, 2.75) is 32.4 Å². The van der Waals surface area contributed by atoms with Gasteiger partial charge in [0.25, 0.3) is 0 Å². The third-order valence-corrected chi connectivity index (χ3v) is 3.35. The van der Waals surface area contributed by atoms with E-state index in [1.54, 1.807) is 0 Å². The van der Waals surface area contributed by atoms with Crippen LogP contribution in [0.15, 0.2) is 12.1 Å². The van der Waals surface area contributed by atoms with E-state index in [-0.39, 0.29) is 19.3 Å². The standard InChI is InChI=1S/C14H22N2O3/c1-2-3-12-6-11(8-17)7-14(15-12)16-4-5-19-10-13(16)9-18/h6-7,13,17-18H,2-5,8-10H2,1H3. The molecule has 2 rings (SSSR count). The maximum atomic E-state index is 9.42. The van der Waals surface area contributed by atoms with Crippen molar-refractivity contribution in [2.24, 2.45) is 0 Å². The van der Waals surface area contributed by atoms with Crippen molar-refractivity contribution < 1.29 is 14.9 Å². The number of nitrogens with zero attached hydrogens (tertiary/aromatic N) is 2. The molecular weight excluding hydrogens is 244 g/mol. The molecule has 0 bridgehead atoms. The van der Waals surface area contributed by atoms with Gasteiger partial charge in [-0.15, -0.1) is 0 Å². The van der Waals surface area contributed by atoms with E-state index in [9.17, 15) is 10.2 Å². The van der Waals surface area contributed by atoms with Gasteiger partial charge in [-0.1, -0.05) is 13.3 Å². The molecule has 1 aliphatic heterocycles. The molecule has 0 radical (unpaired) electrons. The lowest BCUT2D eigenvalue weighted by Crippen LogP contribution is -2.48. The van der Waals surface area contributed by atoms with Gasteiger partial charge in [-0.25, -0.2) is 4.98 Å². The van der Waals surface area contributed by atoms with E-state index in [0.717, 1.165) is 36.5 Å². The minimum atomic E-state index is -0.0512. The number of aliphatic hydroxyl groups is 2. The van der Waals surface area contributed by atoms with Gasteiger partial charge < -0.3 is 19.8 Å². The first-order valence-corrected chi connectivity index (χ1v) is 6.84. The third kappa shape index (κ3) is 3.43. The maximum absolute atomic E-state index is 9.42. The molecule has 2 N–H and O–H groups in total. The van der Waals surface area contributed by atoms with Crippen molar-refractivity contribution in [2.75, 3.05) is 31.3 Å². The zero-order valence-corrected chi connectivity index (χ0v) is 11.4. The number of aromatic nitrogens is 1. The lowest BCUT2D eigenvalue weighted by molar-refractivity contribution is 0.0722. The Labute approximate surface area is 113 Å². The summed E-state index contributed by atoms with van der Waals surface area (Å²) in [6.07, 6.45) is 1.92. The molecule has 1 unspecified atom stereocenters. The van der Waals surface area contributed by atoms with Crippen LogP contribution in [0.2, 0.25) is 0 Å². The van der Waals surface area contributed by atoms with Crippen LogP contribution in [-0.2, 0) is 17.8 Å². The smallest absolute Gasteiger partial charge is 0.129 e. The van der Waals surface area contributed by atoms with Gasteiger partial charge in [0.1, 0.15) is 5.82 Å². The number of aryl methyl sites for hydroxylation is 1. The first kappa shape index (κ1) is 14.2. The van der Waals surface area contributed by atoms with E-state index in [1.807, 2.05) is 12.1 Å². The fraction of sp³-hybridized carbons (Fsp3) is 0.643. The normalized spacial score (nSPS) is 19.7. The SMILES string of the molecule is CCCc1cc(CO)cc(N2CCOCC2CO)n1. The topological polar surface area (TPSA) is 65.8 Å². The third-order valence-electron chi connectivity index (χ3n) is 3.35. The minimum Gasteiger partial charge on any atom is -0.394 e. The zero-order valence-electron chi connectivity index (χ0n) is 11.4. The monoisotopic (exact) mass is 266 g/mol. The number of aliphatic hydroxyl groups excluding tert-OH is 2. The van der Waals surface area contributed by atoms with Gasteiger partial charge in [-0.2, -0.15) is 0 Å². The highest BCUT2D eigenvalue weighted by Gasteiger charge is 2.24. The molecule has 0 saturated carbocycles. The number of hydrogen-bond donors (Lipinski definition) is 2. The molecule has 1 aromatic rings. The average Bonchev–Trinajstić information content (AvgIpc) is 2.47. The Bertz CT molecular complexity index is 412. The minimum absolute atomic E-state index is 0.0143. The summed E-state index contributed by atoms with van der Waals surface area (Å²) < 4.78 is 5.38. The van der Waals surface area contributed by atoms with Gasteiger partial charge in [0, 0.05) is 12.2 Å². The van der Waals surface area contributed by atoms with Gasteiger partial charge in [-0.05, 0) is 24.1 Å². The summed E-state index contributed by atoms with van der Waals surface area (Å²) in [4.78, 5) is 6.71. The summed E-state index contributed by atoms with van der Waals surface area (Å²) in [5, 5.41) is 18.8. The van der Waals surface area contributed by atoms with E-state index in [1.165, 1.54) is 0 Å². The number of morpholine rings is 1. The molecule has 1 aliphatic rings. The Morgan fingerprint density at radius 3 is 2.95 bits per heavy atom.